The summed E-state index contributed by atoms with van der Waals surface area (Å²) in [5, 5.41) is 11.6. The topological polar surface area (TPSA) is 48.0 Å². The smallest absolute Gasteiger partial charge is 0.0456 e. The number of aromatic nitrogens is 1. The van der Waals surface area contributed by atoms with Gasteiger partial charge in [-0.1, -0.05) is 51.1 Å². The molecule has 3 N–H and O–H groups in total. The van der Waals surface area contributed by atoms with Crippen LogP contribution in [0.1, 0.15) is 51.8 Å². The Balaban J connectivity index is 0.000000296. The van der Waals surface area contributed by atoms with Crippen LogP contribution in [0.15, 0.2) is 48.5 Å². The van der Waals surface area contributed by atoms with Crippen LogP contribution in [0, 0.1) is 6.92 Å². The predicted molar refractivity (Wildman–Crippen MR) is 122 cm³/mol. The zero-order chi connectivity index (χ0) is 20.7. The van der Waals surface area contributed by atoms with Gasteiger partial charge in [0.15, 0.2) is 0 Å². The maximum Gasteiger partial charge on any atom is 0.0456 e. The van der Waals surface area contributed by atoms with Crippen molar-refractivity contribution in [2.45, 2.75) is 58.9 Å². The molecule has 3 nitrogen and oxygen atoms in total. The van der Waals surface area contributed by atoms with E-state index in [2.05, 4.69) is 93.5 Å². The second kappa shape index (κ2) is 9.90. The van der Waals surface area contributed by atoms with Crippen LogP contribution in [-0.4, -0.2) is 29.8 Å². The highest BCUT2D eigenvalue weighted by Crippen LogP contribution is 2.29. The molecule has 1 aromatic heterocycles. The minimum Gasteiger partial charge on any atom is -0.400 e. The molecule has 2 heterocycles. The Labute approximate surface area is 170 Å². The number of hydrogen-bond acceptors (Lipinski definition) is 2. The van der Waals surface area contributed by atoms with Gasteiger partial charge in [0.25, 0.3) is 0 Å². The third-order valence-corrected chi connectivity index (χ3v) is 5.12. The second-order valence-corrected chi connectivity index (χ2v) is 8.58. The number of H-pyrrole nitrogens is 1. The predicted octanol–water partition coefficient (Wildman–Crippen LogP) is 5.81. The standard InChI is InChI=1S/C19H21N.C5H11N.CH4O/c1-13-10-16-11-15(8-9-18(16)20-13)14-6-5-7-17(12-14)19(2,3)4;1-5-3-2-4-6-5;1-2/h5-12,20H,1-4H3;5-6H,2-4H2,1H3;2H,1H3. The summed E-state index contributed by atoms with van der Waals surface area (Å²) in [6, 6.07) is 18.5. The van der Waals surface area contributed by atoms with Crippen LogP contribution >= 0.6 is 0 Å². The average molecular weight is 381 g/mol. The second-order valence-electron chi connectivity index (χ2n) is 8.58. The van der Waals surface area contributed by atoms with Crippen molar-refractivity contribution < 1.29 is 5.11 Å². The maximum atomic E-state index is 7.00. The van der Waals surface area contributed by atoms with Gasteiger partial charge in [-0.05, 0) is 73.5 Å². The molecule has 1 unspecified atom stereocenters. The van der Waals surface area contributed by atoms with E-state index >= 15 is 0 Å². The van der Waals surface area contributed by atoms with Crippen molar-refractivity contribution in [3.8, 4) is 11.1 Å². The quantitative estimate of drug-likeness (QED) is 0.499. The van der Waals surface area contributed by atoms with Crippen LogP contribution < -0.4 is 5.32 Å². The molecule has 28 heavy (non-hydrogen) atoms. The van der Waals surface area contributed by atoms with Gasteiger partial charge < -0.3 is 15.4 Å². The van der Waals surface area contributed by atoms with Crippen LogP contribution in [0.3, 0.4) is 0 Å². The normalized spacial score (nSPS) is 16.2. The molecule has 0 saturated carbocycles. The van der Waals surface area contributed by atoms with Gasteiger partial charge >= 0.3 is 0 Å². The third-order valence-electron chi connectivity index (χ3n) is 5.12. The molecular formula is C25H36N2O. The number of nitrogens with one attached hydrogen (secondary N) is 2. The number of rotatable bonds is 1. The molecule has 3 heteroatoms. The number of fused-ring (bicyclic) bond motifs is 1. The van der Waals surface area contributed by atoms with Crippen molar-refractivity contribution in [3.63, 3.8) is 0 Å². The highest BCUT2D eigenvalue weighted by atomic mass is 16.2. The fourth-order valence-corrected chi connectivity index (χ4v) is 3.48. The Morgan fingerprint density at radius 2 is 1.68 bits per heavy atom. The summed E-state index contributed by atoms with van der Waals surface area (Å²) in [5.74, 6) is 0. The molecule has 2 aromatic carbocycles. The molecular weight excluding hydrogens is 344 g/mol. The fourth-order valence-electron chi connectivity index (χ4n) is 3.48. The van der Waals surface area contributed by atoms with E-state index in [4.69, 9.17) is 5.11 Å². The van der Waals surface area contributed by atoms with Crippen molar-refractivity contribution in [3.05, 3.63) is 59.8 Å². The van der Waals surface area contributed by atoms with Crippen LogP contribution in [0.25, 0.3) is 22.0 Å². The first-order valence-corrected chi connectivity index (χ1v) is 10.2. The first-order valence-electron chi connectivity index (χ1n) is 10.2. The molecule has 0 bridgehead atoms. The highest BCUT2D eigenvalue weighted by Gasteiger charge is 2.14. The molecule has 152 valence electrons. The minimum atomic E-state index is 0.185. The molecule has 1 aliphatic heterocycles. The summed E-state index contributed by atoms with van der Waals surface area (Å²) in [7, 11) is 1.00. The lowest BCUT2D eigenvalue weighted by atomic mass is 9.85. The number of aliphatic hydroxyl groups is 1. The van der Waals surface area contributed by atoms with E-state index in [1.807, 2.05) is 0 Å². The average Bonchev–Trinajstić information content (AvgIpc) is 3.30. The first kappa shape index (κ1) is 22.2. The lowest BCUT2D eigenvalue weighted by molar-refractivity contribution is 0.399. The molecule has 3 aromatic rings. The molecule has 0 spiro atoms. The number of hydrogen-bond donors (Lipinski definition) is 3. The van der Waals surface area contributed by atoms with Crippen molar-refractivity contribution in [2.75, 3.05) is 13.7 Å². The molecule has 4 rings (SSSR count). The van der Waals surface area contributed by atoms with Crippen LogP contribution in [0.5, 0.6) is 0 Å². The van der Waals surface area contributed by atoms with Gasteiger partial charge in [0, 0.05) is 29.7 Å². The van der Waals surface area contributed by atoms with Gasteiger partial charge in [-0.2, -0.15) is 0 Å². The zero-order valence-corrected chi connectivity index (χ0v) is 18.3. The van der Waals surface area contributed by atoms with E-state index in [1.54, 1.807) is 0 Å². The first-order chi connectivity index (χ1) is 13.3. The van der Waals surface area contributed by atoms with Crippen molar-refractivity contribution in [2.24, 2.45) is 0 Å². The fraction of sp³-hybridized carbons (Fsp3) is 0.440. The Bertz CT molecular complexity index is 868. The molecule has 1 aliphatic rings. The SMILES string of the molecule is CC1CCCN1.CO.Cc1cc2cc(-c3cccc(C(C)(C)C)c3)ccc2[nH]1. The Morgan fingerprint density at radius 1 is 0.964 bits per heavy atom. The van der Waals surface area contributed by atoms with Gasteiger partial charge in [0.2, 0.25) is 0 Å². The number of aryl methyl sites for hydroxylation is 1. The minimum absolute atomic E-state index is 0.185. The Hall–Kier alpha value is -2.10. The van der Waals surface area contributed by atoms with Crippen LogP contribution in [0.4, 0.5) is 0 Å². The lowest BCUT2D eigenvalue weighted by Crippen LogP contribution is -2.16. The molecule has 1 saturated heterocycles. The molecule has 0 radical (unpaired) electrons. The summed E-state index contributed by atoms with van der Waals surface area (Å²) in [5.41, 5.74) is 6.55. The molecule has 1 fully saturated rings. The number of aromatic amines is 1. The van der Waals surface area contributed by atoms with Crippen LogP contribution in [0.2, 0.25) is 0 Å². The van der Waals surface area contributed by atoms with Gasteiger partial charge in [-0.25, -0.2) is 0 Å². The van der Waals surface area contributed by atoms with Crippen molar-refractivity contribution >= 4 is 10.9 Å². The number of benzene rings is 2. The highest BCUT2D eigenvalue weighted by molar-refractivity contribution is 5.85. The van der Waals surface area contributed by atoms with Crippen LogP contribution in [-0.2, 0) is 5.41 Å². The van der Waals surface area contributed by atoms with Crippen molar-refractivity contribution in [1.29, 1.82) is 0 Å². The van der Waals surface area contributed by atoms with Gasteiger partial charge in [-0.15, -0.1) is 0 Å². The summed E-state index contributed by atoms with van der Waals surface area (Å²) >= 11 is 0. The van der Waals surface area contributed by atoms with E-state index in [1.165, 1.54) is 52.7 Å². The third kappa shape index (κ3) is 5.95. The summed E-state index contributed by atoms with van der Waals surface area (Å²) < 4.78 is 0. The number of aliphatic hydroxyl groups excluding tert-OH is 1. The summed E-state index contributed by atoms with van der Waals surface area (Å²) in [4.78, 5) is 3.37. The summed E-state index contributed by atoms with van der Waals surface area (Å²) in [6.07, 6.45) is 2.75. The largest absolute Gasteiger partial charge is 0.400 e. The Kier molecular flexibility index (Phi) is 7.85. The van der Waals surface area contributed by atoms with E-state index in [0.29, 0.717) is 0 Å². The lowest BCUT2D eigenvalue weighted by Gasteiger charge is -2.19. The maximum absolute atomic E-state index is 7.00. The monoisotopic (exact) mass is 380 g/mol. The van der Waals surface area contributed by atoms with Gasteiger partial charge in [0.05, 0.1) is 0 Å². The van der Waals surface area contributed by atoms with Crippen molar-refractivity contribution in [1.82, 2.24) is 10.3 Å². The molecule has 0 amide bonds. The van der Waals surface area contributed by atoms with E-state index in [0.717, 1.165) is 13.2 Å². The van der Waals surface area contributed by atoms with E-state index in [-0.39, 0.29) is 5.41 Å². The molecule has 1 atom stereocenters. The molecule has 0 aliphatic carbocycles. The zero-order valence-electron chi connectivity index (χ0n) is 18.3. The van der Waals surface area contributed by atoms with Gasteiger partial charge in [-0.3, -0.25) is 0 Å². The summed E-state index contributed by atoms with van der Waals surface area (Å²) in [6.45, 7) is 12.3. The van der Waals surface area contributed by atoms with E-state index in [9.17, 15) is 0 Å². The van der Waals surface area contributed by atoms with E-state index < -0.39 is 0 Å². The Morgan fingerprint density at radius 3 is 2.25 bits per heavy atom. The van der Waals surface area contributed by atoms with Gasteiger partial charge in [0.1, 0.15) is 0 Å².